The van der Waals surface area contributed by atoms with Crippen LogP contribution in [0.3, 0.4) is 0 Å². The van der Waals surface area contributed by atoms with Gasteiger partial charge in [-0.2, -0.15) is 0 Å². The Balaban J connectivity index is 1.12. The minimum atomic E-state index is 0.184. The largest absolute Gasteiger partial charge is 0.332 e. The van der Waals surface area contributed by atoms with E-state index in [1.807, 2.05) is 13.8 Å². The second kappa shape index (κ2) is 8.78. The second-order valence-electron chi connectivity index (χ2n) is 10.7. The van der Waals surface area contributed by atoms with Crippen molar-refractivity contribution >= 4 is 11.7 Å². The summed E-state index contributed by atoms with van der Waals surface area (Å²) in [6.45, 7) is 12.0. The van der Waals surface area contributed by atoms with Gasteiger partial charge in [0.25, 0.3) is 0 Å². The first kappa shape index (κ1) is 21.3. The van der Waals surface area contributed by atoms with Crippen molar-refractivity contribution < 1.29 is 4.79 Å². The molecule has 0 amide bonds. The van der Waals surface area contributed by atoms with Crippen molar-refractivity contribution in [2.24, 2.45) is 11.8 Å². The standard InChI is InChI=1S/C25H39N5O/c1-4-28-15-22-9-10-23(16-28)30(22)25-26-11-19(12-27-25)20-13-29(14-20)21-7-5-18(6-8-21)24(31)17(2)3/h11-12,17-18,20-23H,4-10,13-16H2,1-3H3. The van der Waals surface area contributed by atoms with E-state index in [0.29, 0.717) is 35.7 Å². The van der Waals surface area contributed by atoms with Crippen LogP contribution in [-0.4, -0.2) is 76.4 Å². The number of fused-ring (bicyclic) bond motifs is 2. The van der Waals surface area contributed by atoms with Crippen LogP contribution in [-0.2, 0) is 4.79 Å². The highest BCUT2D eigenvalue weighted by Crippen LogP contribution is 2.37. The average molecular weight is 426 g/mol. The number of rotatable bonds is 6. The molecule has 1 saturated carbocycles. The Labute approximate surface area is 187 Å². The third-order valence-electron chi connectivity index (χ3n) is 8.46. The summed E-state index contributed by atoms with van der Waals surface area (Å²) in [7, 11) is 0. The first-order valence-corrected chi connectivity index (χ1v) is 12.6. The van der Waals surface area contributed by atoms with Crippen LogP contribution in [0, 0.1) is 11.8 Å². The second-order valence-corrected chi connectivity index (χ2v) is 10.7. The van der Waals surface area contributed by atoms with Gasteiger partial charge in [0.15, 0.2) is 0 Å². The molecule has 0 N–H and O–H groups in total. The topological polar surface area (TPSA) is 52.6 Å². The summed E-state index contributed by atoms with van der Waals surface area (Å²) in [5.41, 5.74) is 1.29. The summed E-state index contributed by atoms with van der Waals surface area (Å²) in [6.07, 6.45) is 11.2. The summed E-state index contributed by atoms with van der Waals surface area (Å²) in [6, 6.07) is 1.83. The molecule has 4 heterocycles. The number of likely N-dealkylation sites (tertiary alicyclic amines) is 2. The van der Waals surface area contributed by atoms with Crippen LogP contribution in [0.5, 0.6) is 0 Å². The lowest BCUT2D eigenvalue weighted by Crippen LogP contribution is -2.54. The zero-order chi connectivity index (χ0) is 21.5. The molecule has 4 aliphatic rings. The lowest BCUT2D eigenvalue weighted by Gasteiger charge is -2.46. The highest BCUT2D eigenvalue weighted by molar-refractivity contribution is 5.82. The van der Waals surface area contributed by atoms with E-state index in [4.69, 9.17) is 9.97 Å². The number of anilines is 1. The maximum Gasteiger partial charge on any atom is 0.225 e. The quantitative estimate of drug-likeness (QED) is 0.697. The van der Waals surface area contributed by atoms with Gasteiger partial charge in [-0.05, 0) is 50.6 Å². The smallest absolute Gasteiger partial charge is 0.225 e. The van der Waals surface area contributed by atoms with E-state index >= 15 is 0 Å². The maximum atomic E-state index is 12.3. The molecule has 2 unspecified atom stereocenters. The van der Waals surface area contributed by atoms with E-state index < -0.39 is 0 Å². The molecule has 0 radical (unpaired) electrons. The van der Waals surface area contributed by atoms with Crippen LogP contribution >= 0.6 is 0 Å². The molecule has 2 bridgehead atoms. The van der Waals surface area contributed by atoms with Crippen molar-refractivity contribution in [2.45, 2.75) is 83.3 Å². The predicted octanol–water partition coefficient (Wildman–Crippen LogP) is 3.33. The normalized spacial score (nSPS) is 32.5. The monoisotopic (exact) mass is 425 g/mol. The molecule has 5 rings (SSSR count). The first-order valence-electron chi connectivity index (χ1n) is 12.6. The molecule has 0 aromatic carbocycles. The van der Waals surface area contributed by atoms with E-state index in [0.717, 1.165) is 51.5 Å². The van der Waals surface area contributed by atoms with Gasteiger partial charge >= 0.3 is 0 Å². The van der Waals surface area contributed by atoms with Crippen LogP contribution in [0.2, 0.25) is 0 Å². The van der Waals surface area contributed by atoms with Gasteiger partial charge in [-0.1, -0.05) is 20.8 Å². The highest BCUT2D eigenvalue weighted by Gasteiger charge is 2.41. The molecule has 1 aromatic rings. The molecule has 1 aliphatic carbocycles. The number of hydrogen-bond acceptors (Lipinski definition) is 6. The van der Waals surface area contributed by atoms with E-state index in [2.05, 4.69) is 34.0 Å². The SMILES string of the molecule is CCN1CC2CCC(C1)N2c1ncc(C2CN(C3CCC(C(=O)C(C)C)CC3)C2)cn1. The highest BCUT2D eigenvalue weighted by atomic mass is 16.1. The van der Waals surface area contributed by atoms with Gasteiger partial charge < -0.3 is 4.90 Å². The molecule has 2 atom stereocenters. The van der Waals surface area contributed by atoms with E-state index in [-0.39, 0.29) is 5.92 Å². The molecular formula is C25H39N5O. The van der Waals surface area contributed by atoms with E-state index in [1.54, 1.807) is 0 Å². The van der Waals surface area contributed by atoms with Crippen LogP contribution in [0.15, 0.2) is 12.4 Å². The fourth-order valence-electron chi connectivity index (χ4n) is 6.47. The zero-order valence-corrected chi connectivity index (χ0v) is 19.5. The first-order chi connectivity index (χ1) is 15.0. The number of carbonyl (C=O) groups is 1. The van der Waals surface area contributed by atoms with Gasteiger partial charge in [-0.25, -0.2) is 9.97 Å². The third kappa shape index (κ3) is 4.13. The van der Waals surface area contributed by atoms with Crippen LogP contribution in [0.25, 0.3) is 0 Å². The zero-order valence-electron chi connectivity index (χ0n) is 19.5. The van der Waals surface area contributed by atoms with Crippen molar-refractivity contribution in [3.8, 4) is 0 Å². The molecule has 1 aromatic heterocycles. The molecule has 3 aliphatic heterocycles. The summed E-state index contributed by atoms with van der Waals surface area (Å²) in [5.74, 6) is 2.48. The Morgan fingerprint density at radius 3 is 2.06 bits per heavy atom. The molecule has 170 valence electrons. The molecule has 6 nitrogen and oxygen atoms in total. The molecule has 3 saturated heterocycles. The van der Waals surface area contributed by atoms with Crippen molar-refractivity contribution in [1.29, 1.82) is 0 Å². The lowest BCUT2D eigenvalue weighted by molar-refractivity contribution is -0.127. The fraction of sp³-hybridized carbons (Fsp3) is 0.800. The Morgan fingerprint density at radius 2 is 1.52 bits per heavy atom. The van der Waals surface area contributed by atoms with Gasteiger partial charge in [0, 0.05) is 74.5 Å². The number of nitrogens with zero attached hydrogens (tertiary/aromatic N) is 5. The Morgan fingerprint density at radius 1 is 0.935 bits per heavy atom. The van der Waals surface area contributed by atoms with Crippen LogP contribution < -0.4 is 4.90 Å². The Kier molecular flexibility index (Phi) is 6.04. The van der Waals surface area contributed by atoms with Crippen molar-refractivity contribution in [3.63, 3.8) is 0 Å². The summed E-state index contributed by atoms with van der Waals surface area (Å²) < 4.78 is 0. The van der Waals surface area contributed by atoms with Crippen LogP contribution in [0.4, 0.5) is 5.95 Å². The summed E-state index contributed by atoms with van der Waals surface area (Å²) in [5, 5.41) is 0. The van der Waals surface area contributed by atoms with E-state index in [9.17, 15) is 4.79 Å². The number of hydrogen-bond donors (Lipinski definition) is 0. The Hall–Kier alpha value is -1.53. The fourth-order valence-corrected chi connectivity index (χ4v) is 6.47. The van der Waals surface area contributed by atoms with Crippen LogP contribution in [0.1, 0.15) is 70.8 Å². The number of carbonyl (C=O) groups excluding carboxylic acids is 1. The molecule has 6 heteroatoms. The maximum absolute atomic E-state index is 12.3. The van der Waals surface area contributed by atoms with E-state index in [1.165, 1.54) is 31.2 Å². The number of likely N-dealkylation sites (N-methyl/N-ethyl adjacent to an activating group) is 1. The minimum absolute atomic E-state index is 0.184. The van der Waals surface area contributed by atoms with Gasteiger partial charge in [0.1, 0.15) is 5.78 Å². The van der Waals surface area contributed by atoms with Crippen molar-refractivity contribution in [2.75, 3.05) is 37.6 Å². The van der Waals surface area contributed by atoms with Gasteiger partial charge in [-0.3, -0.25) is 14.6 Å². The number of Topliss-reactive ketones (excluding diaryl/α,β-unsaturated/α-hetero) is 1. The summed E-state index contributed by atoms with van der Waals surface area (Å²) >= 11 is 0. The van der Waals surface area contributed by atoms with Crippen molar-refractivity contribution in [3.05, 3.63) is 18.0 Å². The lowest BCUT2D eigenvalue weighted by atomic mass is 9.78. The van der Waals surface area contributed by atoms with Gasteiger partial charge in [0.2, 0.25) is 5.95 Å². The third-order valence-corrected chi connectivity index (χ3v) is 8.46. The Bertz CT molecular complexity index is 753. The predicted molar refractivity (Wildman–Crippen MR) is 123 cm³/mol. The van der Waals surface area contributed by atoms with Crippen molar-refractivity contribution in [1.82, 2.24) is 19.8 Å². The van der Waals surface area contributed by atoms with Gasteiger partial charge in [-0.15, -0.1) is 0 Å². The van der Waals surface area contributed by atoms with Gasteiger partial charge in [0.05, 0.1) is 0 Å². The number of ketones is 1. The molecule has 0 spiro atoms. The number of aromatic nitrogens is 2. The minimum Gasteiger partial charge on any atom is -0.332 e. The number of piperazine rings is 1. The summed E-state index contributed by atoms with van der Waals surface area (Å²) in [4.78, 5) is 29.6. The average Bonchev–Trinajstić information content (AvgIpc) is 3.02. The molecule has 4 fully saturated rings. The molecular weight excluding hydrogens is 386 g/mol. The molecule has 31 heavy (non-hydrogen) atoms.